The number of halogens is 1. The molecule has 0 aliphatic heterocycles. The molecule has 0 saturated heterocycles. The van der Waals surface area contributed by atoms with Crippen LogP contribution in [0.5, 0.6) is 0 Å². The molecule has 1 aromatic heterocycles. The van der Waals surface area contributed by atoms with Crippen molar-refractivity contribution in [1.82, 2.24) is 10.3 Å². The van der Waals surface area contributed by atoms with Crippen molar-refractivity contribution in [3.63, 3.8) is 0 Å². The maximum absolute atomic E-state index is 13.0. The molecule has 0 spiro atoms. The fourth-order valence-electron chi connectivity index (χ4n) is 0.974. The molecule has 1 amide bonds. The summed E-state index contributed by atoms with van der Waals surface area (Å²) in [5.74, 6) is 2.56. The predicted octanol–water partition coefficient (Wildman–Crippen LogP) is 0.407. The van der Waals surface area contributed by atoms with Crippen LogP contribution in [0.3, 0.4) is 0 Å². The van der Waals surface area contributed by atoms with Gasteiger partial charge in [0.1, 0.15) is 5.69 Å². The average Bonchev–Trinajstić information content (AvgIpc) is 2.25. The Bertz CT molecular complexity index is 517. The van der Waals surface area contributed by atoms with Crippen LogP contribution >= 0.6 is 0 Å². The first kappa shape index (κ1) is 12.6. The summed E-state index contributed by atoms with van der Waals surface area (Å²) >= 11 is 0. The Balaban J connectivity index is 2.82. The Hall–Kier alpha value is -2.42. The second kappa shape index (κ2) is 5.61. The zero-order valence-corrected chi connectivity index (χ0v) is 8.95. The van der Waals surface area contributed by atoms with Crippen molar-refractivity contribution in [2.75, 3.05) is 6.54 Å². The van der Waals surface area contributed by atoms with Gasteiger partial charge in [0.25, 0.3) is 0 Å². The number of aromatic carboxylic acids is 1. The Morgan fingerprint density at radius 2 is 2.29 bits per heavy atom. The maximum Gasteiger partial charge on any atom is 0.338 e. The van der Waals surface area contributed by atoms with Crippen LogP contribution in [0.1, 0.15) is 23.0 Å². The largest absolute Gasteiger partial charge is 0.478 e. The first-order chi connectivity index (χ1) is 8.00. The second-order valence-electron chi connectivity index (χ2n) is 3.07. The van der Waals surface area contributed by atoms with Gasteiger partial charge in [-0.1, -0.05) is 5.92 Å². The molecule has 1 heterocycles. The van der Waals surface area contributed by atoms with E-state index in [1.165, 1.54) is 6.92 Å². The zero-order valence-electron chi connectivity index (χ0n) is 8.95. The summed E-state index contributed by atoms with van der Waals surface area (Å²) in [7, 11) is 0. The van der Waals surface area contributed by atoms with Crippen LogP contribution in [-0.2, 0) is 4.79 Å². The number of carboxylic acid groups (broad SMARTS) is 1. The molecule has 5 nitrogen and oxygen atoms in total. The van der Waals surface area contributed by atoms with E-state index in [0.717, 1.165) is 12.3 Å². The minimum absolute atomic E-state index is 0.122. The number of nitrogens with zero attached hydrogens (tertiary/aromatic N) is 1. The molecule has 0 unspecified atom stereocenters. The fraction of sp³-hybridized carbons (Fsp3) is 0.182. The van der Waals surface area contributed by atoms with Gasteiger partial charge in [0.2, 0.25) is 5.91 Å². The summed E-state index contributed by atoms with van der Waals surface area (Å²) < 4.78 is 13.0. The molecule has 0 aliphatic rings. The van der Waals surface area contributed by atoms with Gasteiger partial charge in [0, 0.05) is 6.92 Å². The van der Waals surface area contributed by atoms with Crippen molar-refractivity contribution in [2.45, 2.75) is 6.92 Å². The van der Waals surface area contributed by atoms with E-state index in [1.54, 1.807) is 0 Å². The smallest absolute Gasteiger partial charge is 0.338 e. The van der Waals surface area contributed by atoms with Crippen LogP contribution in [0, 0.1) is 17.7 Å². The van der Waals surface area contributed by atoms with Crippen LogP contribution in [0.4, 0.5) is 4.39 Å². The quantitative estimate of drug-likeness (QED) is 0.729. The minimum atomic E-state index is -1.38. The molecular weight excluding hydrogens is 227 g/mol. The molecule has 0 fully saturated rings. The minimum Gasteiger partial charge on any atom is -0.478 e. The van der Waals surface area contributed by atoms with Crippen molar-refractivity contribution in [1.29, 1.82) is 0 Å². The third-order valence-corrected chi connectivity index (χ3v) is 1.73. The first-order valence-corrected chi connectivity index (χ1v) is 4.63. The fourth-order valence-corrected chi connectivity index (χ4v) is 0.974. The van der Waals surface area contributed by atoms with Crippen LogP contribution in [0.2, 0.25) is 0 Å². The number of carbonyl (C=O) groups is 2. The van der Waals surface area contributed by atoms with Gasteiger partial charge in [-0.15, -0.1) is 0 Å². The van der Waals surface area contributed by atoms with Gasteiger partial charge in [0.05, 0.1) is 18.3 Å². The second-order valence-corrected chi connectivity index (χ2v) is 3.07. The summed E-state index contributed by atoms with van der Waals surface area (Å²) in [6, 6.07) is 1.04. The molecule has 0 aromatic carbocycles. The lowest BCUT2D eigenvalue weighted by molar-refractivity contribution is -0.118. The van der Waals surface area contributed by atoms with E-state index in [9.17, 15) is 14.0 Å². The van der Waals surface area contributed by atoms with Gasteiger partial charge in [-0.25, -0.2) is 14.2 Å². The molecule has 1 aromatic rings. The lowest BCUT2D eigenvalue weighted by atomic mass is 10.2. The highest BCUT2D eigenvalue weighted by atomic mass is 19.1. The molecule has 6 heteroatoms. The topological polar surface area (TPSA) is 79.3 Å². The van der Waals surface area contributed by atoms with Crippen LogP contribution in [-0.4, -0.2) is 28.5 Å². The van der Waals surface area contributed by atoms with Gasteiger partial charge in [0.15, 0.2) is 5.82 Å². The van der Waals surface area contributed by atoms with E-state index in [1.807, 2.05) is 0 Å². The highest BCUT2D eigenvalue weighted by molar-refractivity contribution is 5.88. The van der Waals surface area contributed by atoms with Gasteiger partial charge in [-0.2, -0.15) is 0 Å². The number of amides is 1. The molecule has 0 radical (unpaired) electrons. The monoisotopic (exact) mass is 236 g/mol. The standard InChI is InChI=1S/C11H9FN2O3/c1-7(15)13-4-2-3-8-5-9(11(16)17)10(12)6-14-8/h5-6H,4H2,1H3,(H,13,15)(H,16,17). The van der Waals surface area contributed by atoms with Crippen LogP contribution < -0.4 is 5.32 Å². The van der Waals surface area contributed by atoms with Crippen molar-refractivity contribution >= 4 is 11.9 Å². The SMILES string of the molecule is CC(=O)NCC#Cc1cc(C(=O)O)c(F)cn1. The summed E-state index contributed by atoms with van der Waals surface area (Å²) in [5, 5.41) is 11.1. The average molecular weight is 236 g/mol. The number of carbonyl (C=O) groups excluding carboxylic acids is 1. The third-order valence-electron chi connectivity index (χ3n) is 1.73. The molecule has 1 rings (SSSR count). The van der Waals surface area contributed by atoms with E-state index in [0.29, 0.717) is 0 Å². The molecule has 0 bridgehead atoms. The number of carboxylic acids is 1. The number of hydrogen-bond acceptors (Lipinski definition) is 3. The maximum atomic E-state index is 13.0. The van der Waals surface area contributed by atoms with Crippen molar-refractivity contribution in [3.8, 4) is 11.8 Å². The first-order valence-electron chi connectivity index (χ1n) is 4.63. The molecule has 0 saturated carbocycles. The van der Waals surface area contributed by atoms with E-state index in [-0.39, 0.29) is 18.1 Å². The molecule has 2 N–H and O–H groups in total. The summed E-state index contributed by atoms with van der Waals surface area (Å²) in [5.41, 5.74) is -0.349. The lowest BCUT2D eigenvalue weighted by Crippen LogP contribution is -2.19. The Morgan fingerprint density at radius 3 is 2.88 bits per heavy atom. The van der Waals surface area contributed by atoms with Gasteiger partial charge in [-0.3, -0.25) is 4.79 Å². The summed E-state index contributed by atoms with van der Waals surface area (Å²) in [6.45, 7) is 1.47. The highest BCUT2D eigenvalue weighted by Crippen LogP contribution is 2.06. The van der Waals surface area contributed by atoms with Gasteiger partial charge >= 0.3 is 5.97 Å². The molecular formula is C11H9FN2O3. The van der Waals surface area contributed by atoms with Crippen LogP contribution in [0.25, 0.3) is 0 Å². The van der Waals surface area contributed by atoms with Gasteiger partial charge < -0.3 is 10.4 Å². The Kier molecular flexibility index (Phi) is 4.17. The lowest BCUT2D eigenvalue weighted by Gasteiger charge is -1.97. The summed E-state index contributed by atoms with van der Waals surface area (Å²) in [6.07, 6.45) is 0.797. The van der Waals surface area contributed by atoms with Crippen molar-refractivity contribution in [3.05, 3.63) is 29.3 Å². The number of nitrogens with one attached hydrogen (secondary N) is 1. The molecule has 88 valence electrons. The Labute approximate surface area is 96.7 Å². The molecule has 0 atom stereocenters. The van der Waals surface area contributed by atoms with E-state index < -0.39 is 17.3 Å². The van der Waals surface area contributed by atoms with Crippen LogP contribution in [0.15, 0.2) is 12.3 Å². The van der Waals surface area contributed by atoms with E-state index in [2.05, 4.69) is 22.1 Å². The zero-order chi connectivity index (χ0) is 12.8. The number of aromatic nitrogens is 1. The normalized spacial score (nSPS) is 9.06. The molecule has 0 aliphatic carbocycles. The van der Waals surface area contributed by atoms with E-state index in [4.69, 9.17) is 5.11 Å². The predicted molar refractivity (Wildman–Crippen MR) is 56.7 cm³/mol. The van der Waals surface area contributed by atoms with Gasteiger partial charge in [-0.05, 0) is 12.0 Å². The number of pyridine rings is 1. The van der Waals surface area contributed by atoms with Crippen molar-refractivity contribution < 1.29 is 19.1 Å². The Morgan fingerprint density at radius 1 is 1.59 bits per heavy atom. The van der Waals surface area contributed by atoms with E-state index >= 15 is 0 Å². The van der Waals surface area contributed by atoms with Crippen molar-refractivity contribution in [2.24, 2.45) is 0 Å². The number of rotatable bonds is 2. The number of hydrogen-bond donors (Lipinski definition) is 2. The summed E-state index contributed by atoms with van der Waals surface area (Å²) in [4.78, 5) is 24.8. The molecule has 17 heavy (non-hydrogen) atoms. The third kappa shape index (κ3) is 3.91. The highest BCUT2D eigenvalue weighted by Gasteiger charge is 2.10.